The molecule has 98 valence electrons. The van der Waals surface area contributed by atoms with Gasteiger partial charge in [-0.25, -0.2) is 4.39 Å². The molecule has 0 bridgehead atoms. The van der Waals surface area contributed by atoms with Crippen molar-refractivity contribution in [1.82, 2.24) is 4.90 Å². The Morgan fingerprint density at radius 3 is 2.67 bits per heavy atom. The van der Waals surface area contributed by atoms with Gasteiger partial charge in [-0.2, -0.15) is 0 Å². The van der Waals surface area contributed by atoms with E-state index in [4.69, 9.17) is 11.6 Å². The molecule has 1 amide bonds. The van der Waals surface area contributed by atoms with Crippen LogP contribution < -0.4 is 0 Å². The van der Waals surface area contributed by atoms with E-state index in [0.29, 0.717) is 0 Å². The van der Waals surface area contributed by atoms with E-state index in [2.05, 4.69) is 0 Å². The fourth-order valence-electron chi connectivity index (χ4n) is 1.96. The largest absolute Gasteiger partial charge is 0.386 e. The first-order chi connectivity index (χ1) is 8.35. The lowest BCUT2D eigenvalue weighted by Gasteiger charge is -2.49. The molecule has 0 aliphatic carbocycles. The van der Waals surface area contributed by atoms with Gasteiger partial charge < -0.3 is 10.0 Å². The second-order valence-electron chi connectivity index (χ2n) is 5.02. The number of carbonyl (C=O) groups excluding carboxylic acids is 1. The van der Waals surface area contributed by atoms with Crippen LogP contribution in [0, 0.1) is 11.7 Å². The van der Waals surface area contributed by atoms with Crippen LogP contribution in [0.25, 0.3) is 0 Å². The molecular weight excluding hydrogens is 257 g/mol. The number of nitrogens with zero attached hydrogens (tertiary/aromatic N) is 1. The van der Waals surface area contributed by atoms with Crippen molar-refractivity contribution in [2.75, 3.05) is 13.1 Å². The fourth-order valence-corrected chi connectivity index (χ4v) is 2.17. The highest BCUT2D eigenvalue weighted by Gasteiger charge is 2.46. The number of hydrogen-bond acceptors (Lipinski definition) is 2. The van der Waals surface area contributed by atoms with Gasteiger partial charge in [-0.15, -0.1) is 0 Å². The summed E-state index contributed by atoms with van der Waals surface area (Å²) in [6.07, 6.45) is 0. The van der Waals surface area contributed by atoms with Crippen molar-refractivity contribution in [2.24, 2.45) is 5.92 Å². The number of benzene rings is 1. The molecule has 1 saturated heterocycles. The maximum atomic E-state index is 13.3. The highest BCUT2D eigenvalue weighted by Crippen LogP contribution is 2.31. The van der Waals surface area contributed by atoms with Crippen molar-refractivity contribution >= 4 is 17.5 Å². The first-order valence-electron chi connectivity index (χ1n) is 5.81. The van der Waals surface area contributed by atoms with E-state index in [1.165, 1.54) is 23.1 Å². The number of carbonyl (C=O) groups is 1. The van der Waals surface area contributed by atoms with Crippen LogP contribution in [-0.4, -0.2) is 34.6 Å². The van der Waals surface area contributed by atoms with E-state index in [1.807, 2.05) is 13.8 Å². The molecule has 1 fully saturated rings. The highest BCUT2D eigenvalue weighted by molar-refractivity contribution is 6.34. The second-order valence-corrected chi connectivity index (χ2v) is 5.40. The predicted molar refractivity (Wildman–Crippen MR) is 67.1 cm³/mol. The molecule has 0 spiro atoms. The molecule has 1 heterocycles. The number of aliphatic hydroxyl groups is 1. The first-order valence-corrected chi connectivity index (χ1v) is 6.18. The third-order valence-corrected chi connectivity index (χ3v) is 3.86. The second kappa shape index (κ2) is 4.52. The monoisotopic (exact) mass is 271 g/mol. The Morgan fingerprint density at radius 2 is 2.11 bits per heavy atom. The topological polar surface area (TPSA) is 40.5 Å². The van der Waals surface area contributed by atoms with Gasteiger partial charge in [-0.05, 0) is 18.1 Å². The molecule has 1 aromatic carbocycles. The average Bonchev–Trinajstić information content (AvgIpc) is 2.27. The lowest BCUT2D eigenvalue weighted by molar-refractivity contribution is -0.110. The van der Waals surface area contributed by atoms with Crippen molar-refractivity contribution in [2.45, 2.75) is 19.4 Å². The minimum absolute atomic E-state index is 0.0736. The highest BCUT2D eigenvalue weighted by atomic mass is 35.5. The normalized spacial score (nSPS) is 17.8. The third kappa shape index (κ3) is 2.10. The van der Waals surface area contributed by atoms with Gasteiger partial charge in [0.05, 0.1) is 23.7 Å². The minimum Gasteiger partial charge on any atom is -0.386 e. The summed E-state index contributed by atoms with van der Waals surface area (Å²) in [4.78, 5) is 13.5. The van der Waals surface area contributed by atoms with Gasteiger partial charge in [0.25, 0.3) is 5.91 Å². The number of β-amino-alcohol motifs (C(OH)–C–C–N with tert-alkyl or cyclic N) is 1. The zero-order valence-electron chi connectivity index (χ0n) is 10.3. The molecule has 1 N–H and O–H groups in total. The molecule has 2 rings (SSSR count). The summed E-state index contributed by atoms with van der Waals surface area (Å²) < 4.78 is 13.3. The molecule has 0 aromatic heterocycles. The van der Waals surface area contributed by atoms with Crippen molar-refractivity contribution in [3.63, 3.8) is 0 Å². The number of hydrogen-bond donors (Lipinski definition) is 1. The number of likely N-dealkylation sites (tertiary alicyclic amines) is 1. The van der Waals surface area contributed by atoms with Gasteiger partial charge in [0.15, 0.2) is 0 Å². The summed E-state index contributed by atoms with van der Waals surface area (Å²) in [6, 6.07) is 4.14. The standard InChI is InChI=1S/C13H15ClFNO2/c1-8(2)13(18)6-16(7-13)12(17)9-4-3-5-10(15)11(9)14/h3-5,8,18H,6-7H2,1-2H3. The summed E-state index contributed by atoms with van der Waals surface area (Å²) in [7, 11) is 0. The molecule has 1 aromatic rings. The Labute approximate surface area is 110 Å². The van der Waals surface area contributed by atoms with Gasteiger partial charge >= 0.3 is 0 Å². The molecule has 0 saturated carbocycles. The summed E-state index contributed by atoms with van der Waals surface area (Å²) in [5.74, 6) is -0.878. The van der Waals surface area contributed by atoms with Crippen molar-refractivity contribution in [3.05, 3.63) is 34.6 Å². The van der Waals surface area contributed by atoms with Crippen LogP contribution in [-0.2, 0) is 0 Å². The van der Waals surface area contributed by atoms with E-state index >= 15 is 0 Å². The summed E-state index contributed by atoms with van der Waals surface area (Å²) in [6.45, 7) is 4.32. The number of amides is 1. The van der Waals surface area contributed by atoms with Crippen molar-refractivity contribution in [1.29, 1.82) is 0 Å². The summed E-state index contributed by atoms with van der Waals surface area (Å²) >= 11 is 5.76. The molecule has 1 aliphatic rings. The number of halogens is 2. The van der Waals surface area contributed by atoms with Crippen LogP contribution in [0.2, 0.25) is 5.02 Å². The van der Waals surface area contributed by atoms with E-state index in [-0.39, 0.29) is 35.5 Å². The maximum Gasteiger partial charge on any atom is 0.255 e. The lowest BCUT2D eigenvalue weighted by Crippen LogP contribution is -2.66. The molecule has 5 heteroatoms. The van der Waals surface area contributed by atoms with Crippen LogP contribution in [0.3, 0.4) is 0 Å². The van der Waals surface area contributed by atoms with E-state index in [0.717, 1.165) is 0 Å². The molecule has 0 atom stereocenters. The van der Waals surface area contributed by atoms with Crippen LogP contribution in [0.1, 0.15) is 24.2 Å². The SMILES string of the molecule is CC(C)C1(O)CN(C(=O)c2cccc(F)c2Cl)C1. The van der Waals surface area contributed by atoms with Crippen LogP contribution in [0.15, 0.2) is 18.2 Å². The predicted octanol–water partition coefficient (Wildman–Crippen LogP) is 2.32. The van der Waals surface area contributed by atoms with Gasteiger partial charge in [-0.1, -0.05) is 31.5 Å². The zero-order valence-corrected chi connectivity index (χ0v) is 11.0. The summed E-state index contributed by atoms with van der Waals surface area (Å²) in [5.41, 5.74) is -0.697. The maximum absolute atomic E-state index is 13.3. The quantitative estimate of drug-likeness (QED) is 0.897. The molecule has 18 heavy (non-hydrogen) atoms. The van der Waals surface area contributed by atoms with Gasteiger partial charge in [0, 0.05) is 0 Å². The minimum atomic E-state index is -0.838. The molecule has 0 unspecified atom stereocenters. The average molecular weight is 272 g/mol. The Balaban J connectivity index is 2.13. The Hall–Kier alpha value is -1.13. The third-order valence-electron chi connectivity index (χ3n) is 3.47. The Kier molecular flexibility index (Phi) is 3.34. The van der Waals surface area contributed by atoms with Gasteiger partial charge in [0.2, 0.25) is 0 Å². The molecule has 1 aliphatic heterocycles. The Bertz CT molecular complexity index is 484. The fraction of sp³-hybridized carbons (Fsp3) is 0.462. The smallest absolute Gasteiger partial charge is 0.255 e. The number of rotatable bonds is 2. The van der Waals surface area contributed by atoms with E-state index < -0.39 is 11.4 Å². The Morgan fingerprint density at radius 1 is 1.50 bits per heavy atom. The zero-order chi connectivity index (χ0) is 13.5. The lowest BCUT2D eigenvalue weighted by atomic mass is 9.82. The van der Waals surface area contributed by atoms with Crippen LogP contribution in [0.4, 0.5) is 4.39 Å². The van der Waals surface area contributed by atoms with Gasteiger partial charge in [0.1, 0.15) is 11.4 Å². The van der Waals surface area contributed by atoms with Crippen molar-refractivity contribution < 1.29 is 14.3 Å². The van der Waals surface area contributed by atoms with Crippen molar-refractivity contribution in [3.8, 4) is 0 Å². The molecular formula is C13H15ClFNO2. The van der Waals surface area contributed by atoms with Crippen LogP contribution >= 0.6 is 11.6 Å². The van der Waals surface area contributed by atoms with E-state index in [1.54, 1.807) is 0 Å². The summed E-state index contributed by atoms with van der Waals surface area (Å²) in [5, 5.41) is 9.91. The van der Waals surface area contributed by atoms with Gasteiger partial charge in [-0.3, -0.25) is 4.79 Å². The first kappa shape index (κ1) is 13.3. The van der Waals surface area contributed by atoms with E-state index in [9.17, 15) is 14.3 Å². The molecule has 0 radical (unpaired) electrons. The van der Waals surface area contributed by atoms with Crippen LogP contribution in [0.5, 0.6) is 0 Å². The molecule has 3 nitrogen and oxygen atoms in total.